The van der Waals surface area contributed by atoms with Crippen LogP contribution in [0.15, 0.2) is 114 Å². The van der Waals surface area contributed by atoms with E-state index in [4.69, 9.17) is 0 Å². The highest BCUT2D eigenvalue weighted by molar-refractivity contribution is 6.09. The van der Waals surface area contributed by atoms with Crippen LogP contribution in [0.1, 0.15) is 33.4 Å². The molecule has 0 saturated heterocycles. The first-order valence-electron chi connectivity index (χ1n) is 17.5. The van der Waals surface area contributed by atoms with Gasteiger partial charge in [0.2, 0.25) is 11.6 Å². The maximum atomic E-state index is 13.4. The van der Waals surface area contributed by atoms with E-state index in [2.05, 4.69) is 132 Å². The van der Waals surface area contributed by atoms with Crippen LogP contribution in [0, 0.1) is 41.5 Å². The first kappa shape index (κ1) is 31.5. The molecular formula is C45H36N6O. The summed E-state index contributed by atoms with van der Waals surface area (Å²) >= 11 is 0. The van der Waals surface area contributed by atoms with Gasteiger partial charge in [-0.15, -0.1) is 20.4 Å². The highest BCUT2D eigenvalue weighted by atomic mass is 16.1. The Bertz CT molecular complexity index is 2820. The van der Waals surface area contributed by atoms with Gasteiger partial charge < -0.3 is 9.13 Å². The largest absolute Gasteiger partial charge is 0.309 e. The zero-order valence-corrected chi connectivity index (χ0v) is 30.0. The van der Waals surface area contributed by atoms with E-state index >= 15 is 0 Å². The molecule has 0 radical (unpaired) electrons. The fraction of sp³-hybridized carbons (Fsp3) is 0.133. The van der Waals surface area contributed by atoms with E-state index in [1.54, 1.807) is 0 Å². The van der Waals surface area contributed by atoms with Crippen LogP contribution in [0.3, 0.4) is 0 Å². The van der Waals surface area contributed by atoms with Crippen molar-refractivity contribution >= 4 is 43.6 Å². The molecule has 7 nitrogen and oxygen atoms in total. The van der Waals surface area contributed by atoms with Crippen LogP contribution in [0.25, 0.3) is 77.8 Å². The summed E-state index contributed by atoms with van der Waals surface area (Å²) in [5, 5.41) is 22.4. The molecule has 0 aliphatic heterocycles. The molecule has 0 bridgehead atoms. The molecule has 3 heterocycles. The molecule has 6 aromatic carbocycles. The quantitative estimate of drug-likeness (QED) is 0.173. The summed E-state index contributed by atoms with van der Waals surface area (Å²) in [7, 11) is 0. The molecule has 52 heavy (non-hydrogen) atoms. The van der Waals surface area contributed by atoms with Crippen molar-refractivity contribution in [1.82, 2.24) is 29.5 Å². The van der Waals surface area contributed by atoms with Gasteiger partial charge in [0.05, 0.1) is 22.1 Å². The molecule has 9 rings (SSSR count). The smallest absolute Gasteiger partial charge is 0.204 e. The number of rotatable bonds is 4. The van der Waals surface area contributed by atoms with Crippen molar-refractivity contribution in [3.05, 3.63) is 153 Å². The lowest BCUT2D eigenvalue weighted by Crippen LogP contribution is -2.11. The number of fused-ring (bicyclic) bond motifs is 5. The van der Waals surface area contributed by atoms with Crippen LogP contribution in [-0.4, -0.2) is 29.5 Å². The van der Waals surface area contributed by atoms with Gasteiger partial charge in [-0.1, -0.05) is 47.5 Å². The Morgan fingerprint density at radius 3 is 1.13 bits per heavy atom. The van der Waals surface area contributed by atoms with Crippen molar-refractivity contribution in [3.8, 4) is 34.2 Å². The van der Waals surface area contributed by atoms with Crippen molar-refractivity contribution in [3.63, 3.8) is 0 Å². The molecule has 0 spiro atoms. The third kappa shape index (κ3) is 4.84. The molecule has 3 aromatic heterocycles. The second kappa shape index (κ2) is 11.8. The number of hydrogen-bond acceptors (Lipinski definition) is 5. The van der Waals surface area contributed by atoms with E-state index in [-0.39, 0.29) is 5.43 Å². The molecule has 9 aromatic rings. The summed E-state index contributed by atoms with van der Waals surface area (Å²) in [6.07, 6.45) is 0. The van der Waals surface area contributed by atoms with E-state index in [9.17, 15) is 4.79 Å². The monoisotopic (exact) mass is 676 g/mol. The number of aryl methyl sites for hydroxylation is 6. The van der Waals surface area contributed by atoms with Crippen LogP contribution in [0.5, 0.6) is 0 Å². The molecule has 0 amide bonds. The van der Waals surface area contributed by atoms with Gasteiger partial charge in [0.25, 0.3) is 0 Å². The number of benzene rings is 6. The normalized spacial score (nSPS) is 11.7. The maximum Gasteiger partial charge on any atom is 0.204 e. The Morgan fingerprint density at radius 1 is 0.404 bits per heavy atom. The molecule has 0 aliphatic carbocycles. The number of nitrogens with zero attached hydrogens (tertiary/aromatic N) is 6. The molecule has 0 aliphatic rings. The minimum atomic E-state index is 0.0371. The van der Waals surface area contributed by atoms with Gasteiger partial charge in [0.1, 0.15) is 0 Å². The molecule has 0 atom stereocenters. The summed E-state index contributed by atoms with van der Waals surface area (Å²) in [6.45, 7) is 12.6. The summed E-state index contributed by atoms with van der Waals surface area (Å²) in [5.41, 5.74) is 14.6. The van der Waals surface area contributed by atoms with Crippen LogP contribution < -0.4 is 5.43 Å². The average molecular weight is 677 g/mol. The van der Waals surface area contributed by atoms with Gasteiger partial charge in [-0.25, -0.2) is 0 Å². The van der Waals surface area contributed by atoms with E-state index in [0.717, 1.165) is 55.8 Å². The zero-order valence-electron chi connectivity index (χ0n) is 30.0. The predicted molar refractivity (Wildman–Crippen MR) is 212 cm³/mol. The maximum absolute atomic E-state index is 13.4. The summed E-state index contributed by atoms with van der Waals surface area (Å²) in [6, 6.07) is 37.5. The fourth-order valence-electron chi connectivity index (χ4n) is 8.08. The van der Waals surface area contributed by atoms with Gasteiger partial charge in [-0.2, -0.15) is 0 Å². The average Bonchev–Trinajstić information content (AvgIpc) is 3.44. The lowest BCUT2D eigenvalue weighted by Gasteiger charge is -2.18. The highest BCUT2D eigenvalue weighted by Crippen LogP contribution is 2.36. The number of hydrogen-bond donors (Lipinski definition) is 0. The molecule has 0 fully saturated rings. The van der Waals surface area contributed by atoms with Crippen molar-refractivity contribution < 1.29 is 0 Å². The zero-order chi connectivity index (χ0) is 35.8. The third-order valence-corrected chi connectivity index (χ3v) is 10.3. The van der Waals surface area contributed by atoms with E-state index < -0.39 is 0 Å². The fourth-order valence-corrected chi connectivity index (χ4v) is 8.08. The van der Waals surface area contributed by atoms with E-state index in [0.29, 0.717) is 22.4 Å². The standard InChI is InChI=1S/C45H36N6O/c1-25-15-17-39-35(19-25)36-20-26(2)16-18-40(36)51(39)32-23-29(5)42(30(6)24-32)45-48-46-44(47-49-45)41-27(3)21-31(22-28(41)4)50-37-13-9-7-11-33(37)43(52)34-12-8-10-14-38(34)50/h7-24H,1-6H3. The third-order valence-electron chi connectivity index (χ3n) is 10.3. The second-order valence-corrected chi connectivity index (χ2v) is 14.0. The minimum absolute atomic E-state index is 0.0371. The van der Waals surface area contributed by atoms with Gasteiger partial charge >= 0.3 is 0 Å². The molecular weight excluding hydrogens is 641 g/mol. The van der Waals surface area contributed by atoms with Crippen LogP contribution >= 0.6 is 0 Å². The molecule has 0 saturated carbocycles. The SMILES string of the molecule is Cc1ccc2c(c1)c1cc(C)ccc1n2-c1cc(C)c(-c2nnc(-c3c(C)cc(-n4c5ccccc5c(=O)c5ccccc54)cc3C)nn2)c(C)c1. The number of pyridine rings is 1. The minimum Gasteiger partial charge on any atom is -0.309 e. The predicted octanol–water partition coefficient (Wildman–Crippen LogP) is 10.0. The summed E-state index contributed by atoms with van der Waals surface area (Å²) < 4.78 is 4.51. The Balaban J connectivity index is 1.11. The molecule has 0 unspecified atom stereocenters. The van der Waals surface area contributed by atoms with Gasteiger partial charge in [-0.05, 0) is 137 Å². The Labute approximate surface area is 300 Å². The number of para-hydroxylation sites is 2. The van der Waals surface area contributed by atoms with Crippen molar-refractivity contribution in [2.75, 3.05) is 0 Å². The first-order chi connectivity index (χ1) is 25.2. The molecule has 7 heteroatoms. The Kier molecular flexibility index (Phi) is 7.16. The van der Waals surface area contributed by atoms with Crippen LogP contribution in [0.4, 0.5) is 0 Å². The van der Waals surface area contributed by atoms with Gasteiger partial charge in [-0.3, -0.25) is 4.79 Å². The number of aromatic nitrogens is 6. The topological polar surface area (TPSA) is 78.5 Å². The Morgan fingerprint density at radius 2 is 0.750 bits per heavy atom. The lowest BCUT2D eigenvalue weighted by molar-refractivity contribution is 0.871. The molecule has 252 valence electrons. The van der Waals surface area contributed by atoms with Crippen molar-refractivity contribution in [1.29, 1.82) is 0 Å². The molecule has 0 N–H and O–H groups in total. The van der Waals surface area contributed by atoms with Crippen molar-refractivity contribution in [2.24, 2.45) is 0 Å². The van der Waals surface area contributed by atoms with Gasteiger partial charge in [0, 0.05) is 44.0 Å². The summed E-state index contributed by atoms with van der Waals surface area (Å²) in [4.78, 5) is 13.4. The van der Waals surface area contributed by atoms with E-state index in [1.807, 2.05) is 48.5 Å². The summed E-state index contributed by atoms with van der Waals surface area (Å²) in [5.74, 6) is 0.972. The van der Waals surface area contributed by atoms with Crippen molar-refractivity contribution in [2.45, 2.75) is 41.5 Å². The Hall–Kier alpha value is -6.47. The van der Waals surface area contributed by atoms with Gasteiger partial charge in [0.15, 0.2) is 5.43 Å². The first-order valence-corrected chi connectivity index (χ1v) is 17.5. The lowest BCUT2D eigenvalue weighted by atomic mass is 10.00. The van der Waals surface area contributed by atoms with Crippen LogP contribution in [-0.2, 0) is 0 Å². The highest BCUT2D eigenvalue weighted by Gasteiger charge is 2.20. The van der Waals surface area contributed by atoms with Crippen LogP contribution in [0.2, 0.25) is 0 Å². The van der Waals surface area contributed by atoms with E-state index in [1.165, 1.54) is 32.9 Å². The second-order valence-electron chi connectivity index (χ2n) is 14.0.